The standard InChI is InChI=1S/C26H19FN6/c1-2-15-9-16(13-28-12-15)17-10-21-24(32-33-26(21)30-14-17)23-11-20-18(7-8-29-25(20)31-23)19-5-3-4-6-22(19)27/h3-14H,2H2,1H3,(H,29,31)(H,30,32,33). The third-order valence-electron chi connectivity index (χ3n) is 5.91. The maximum Gasteiger partial charge on any atom is 0.181 e. The number of hydrogen-bond acceptors (Lipinski definition) is 4. The van der Waals surface area contributed by atoms with Crippen molar-refractivity contribution < 1.29 is 4.39 Å². The summed E-state index contributed by atoms with van der Waals surface area (Å²) in [7, 11) is 0. The van der Waals surface area contributed by atoms with E-state index >= 15 is 0 Å². The van der Waals surface area contributed by atoms with Gasteiger partial charge in [-0.25, -0.2) is 14.4 Å². The summed E-state index contributed by atoms with van der Waals surface area (Å²) in [6.45, 7) is 2.11. The third-order valence-corrected chi connectivity index (χ3v) is 5.91. The van der Waals surface area contributed by atoms with Crippen molar-refractivity contribution in [3.05, 3.63) is 84.7 Å². The number of pyridine rings is 3. The molecule has 5 heterocycles. The Kier molecular flexibility index (Phi) is 4.47. The van der Waals surface area contributed by atoms with Crippen molar-refractivity contribution in [2.75, 3.05) is 0 Å². The topological polar surface area (TPSA) is 83.1 Å². The molecule has 6 nitrogen and oxygen atoms in total. The first kappa shape index (κ1) is 19.3. The van der Waals surface area contributed by atoms with Crippen LogP contribution < -0.4 is 0 Å². The van der Waals surface area contributed by atoms with Crippen LogP contribution >= 0.6 is 0 Å². The van der Waals surface area contributed by atoms with Gasteiger partial charge in [0.05, 0.1) is 11.4 Å². The van der Waals surface area contributed by atoms with E-state index in [1.807, 2.05) is 36.8 Å². The average Bonchev–Trinajstić information content (AvgIpc) is 3.48. The van der Waals surface area contributed by atoms with Gasteiger partial charge in [-0.05, 0) is 47.9 Å². The minimum atomic E-state index is -0.267. The van der Waals surface area contributed by atoms with E-state index in [-0.39, 0.29) is 5.82 Å². The molecule has 0 saturated carbocycles. The molecule has 0 fully saturated rings. The number of aromatic amines is 2. The molecule has 0 aliphatic heterocycles. The largest absolute Gasteiger partial charge is 0.338 e. The van der Waals surface area contributed by atoms with E-state index in [9.17, 15) is 4.39 Å². The van der Waals surface area contributed by atoms with Gasteiger partial charge in [-0.3, -0.25) is 10.1 Å². The second kappa shape index (κ2) is 7.63. The number of aromatic nitrogens is 6. The van der Waals surface area contributed by atoms with Crippen LogP contribution in [0.4, 0.5) is 4.39 Å². The van der Waals surface area contributed by atoms with Gasteiger partial charge in [0.2, 0.25) is 0 Å². The summed E-state index contributed by atoms with van der Waals surface area (Å²) >= 11 is 0. The molecule has 0 saturated heterocycles. The predicted octanol–water partition coefficient (Wildman–Crippen LogP) is 5.93. The van der Waals surface area contributed by atoms with Gasteiger partial charge in [-0.15, -0.1) is 0 Å². The molecule has 160 valence electrons. The van der Waals surface area contributed by atoms with Gasteiger partial charge in [0.25, 0.3) is 0 Å². The second-order valence-corrected chi connectivity index (χ2v) is 7.91. The van der Waals surface area contributed by atoms with E-state index in [1.54, 1.807) is 18.3 Å². The van der Waals surface area contributed by atoms with Crippen molar-refractivity contribution in [2.24, 2.45) is 0 Å². The number of hydrogen-bond donors (Lipinski definition) is 2. The highest BCUT2D eigenvalue weighted by Crippen LogP contribution is 2.34. The van der Waals surface area contributed by atoms with Crippen LogP contribution in [-0.2, 0) is 6.42 Å². The lowest BCUT2D eigenvalue weighted by Crippen LogP contribution is -1.87. The number of aryl methyl sites for hydroxylation is 1. The minimum absolute atomic E-state index is 0.267. The highest BCUT2D eigenvalue weighted by atomic mass is 19.1. The molecular weight excluding hydrogens is 415 g/mol. The Labute approximate surface area is 188 Å². The molecule has 0 radical (unpaired) electrons. The van der Waals surface area contributed by atoms with Crippen LogP contribution in [0.1, 0.15) is 12.5 Å². The summed E-state index contributed by atoms with van der Waals surface area (Å²) in [4.78, 5) is 16.7. The maximum atomic E-state index is 14.5. The SMILES string of the molecule is CCc1cncc(-c2cnc3n[nH]c(-c4cc5c(-c6ccccc6F)ccnc5[nH]4)c3c2)c1. The predicted molar refractivity (Wildman–Crippen MR) is 127 cm³/mol. The minimum Gasteiger partial charge on any atom is -0.338 e. The number of halogens is 1. The third kappa shape index (κ3) is 3.25. The molecule has 1 aromatic carbocycles. The number of H-pyrrole nitrogens is 2. The zero-order chi connectivity index (χ0) is 22.4. The van der Waals surface area contributed by atoms with Crippen LogP contribution in [0.25, 0.3) is 55.7 Å². The Morgan fingerprint density at radius 2 is 1.76 bits per heavy atom. The van der Waals surface area contributed by atoms with Crippen molar-refractivity contribution in [1.82, 2.24) is 30.1 Å². The number of benzene rings is 1. The second-order valence-electron chi connectivity index (χ2n) is 7.91. The maximum absolute atomic E-state index is 14.5. The molecule has 0 amide bonds. The van der Waals surface area contributed by atoms with Crippen molar-refractivity contribution in [1.29, 1.82) is 0 Å². The summed E-state index contributed by atoms with van der Waals surface area (Å²) in [5, 5.41) is 9.20. The summed E-state index contributed by atoms with van der Waals surface area (Å²) < 4.78 is 14.5. The van der Waals surface area contributed by atoms with Gasteiger partial charge in [0.15, 0.2) is 5.65 Å². The first-order chi connectivity index (χ1) is 16.2. The van der Waals surface area contributed by atoms with E-state index in [1.165, 1.54) is 11.6 Å². The van der Waals surface area contributed by atoms with Crippen molar-refractivity contribution in [2.45, 2.75) is 13.3 Å². The van der Waals surface area contributed by atoms with Gasteiger partial charge in [-0.1, -0.05) is 25.1 Å². The number of rotatable bonds is 4. The Balaban J connectivity index is 1.50. The lowest BCUT2D eigenvalue weighted by atomic mass is 10.0. The van der Waals surface area contributed by atoms with Gasteiger partial charge in [0.1, 0.15) is 11.5 Å². The molecule has 0 aliphatic carbocycles. The lowest BCUT2D eigenvalue weighted by Gasteiger charge is -2.04. The summed E-state index contributed by atoms with van der Waals surface area (Å²) in [5.74, 6) is -0.267. The quantitative estimate of drug-likeness (QED) is 0.360. The van der Waals surface area contributed by atoms with E-state index in [2.05, 4.69) is 49.2 Å². The van der Waals surface area contributed by atoms with Gasteiger partial charge < -0.3 is 4.98 Å². The van der Waals surface area contributed by atoms with E-state index in [4.69, 9.17) is 0 Å². The highest BCUT2D eigenvalue weighted by Gasteiger charge is 2.16. The molecule has 33 heavy (non-hydrogen) atoms. The molecule has 0 atom stereocenters. The van der Waals surface area contributed by atoms with Crippen molar-refractivity contribution in [3.8, 4) is 33.6 Å². The Morgan fingerprint density at radius 3 is 2.64 bits per heavy atom. The summed E-state index contributed by atoms with van der Waals surface area (Å²) in [6.07, 6.45) is 8.13. The van der Waals surface area contributed by atoms with Crippen LogP contribution in [-0.4, -0.2) is 30.1 Å². The Bertz CT molecular complexity index is 1630. The molecule has 5 aromatic heterocycles. The molecular formula is C26H19FN6. The molecule has 0 bridgehead atoms. The summed E-state index contributed by atoms with van der Waals surface area (Å²) in [6, 6.07) is 14.8. The number of fused-ring (bicyclic) bond motifs is 2. The fourth-order valence-electron chi connectivity index (χ4n) is 4.18. The zero-order valence-corrected chi connectivity index (χ0v) is 17.8. The fraction of sp³-hybridized carbons (Fsp3) is 0.0769. The number of nitrogens with one attached hydrogen (secondary N) is 2. The van der Waals surface area contributed by atoms with E-state index in [0.717, 1.165) is 45.3 Å². The van der Waals surface area contributed by atoms with Crippen LogP contribution in [0.5, 0.6) is 0 Å². The Morgan fingerprint density at radius 1 is 0.879 bits per heavy atom. The molecule has 0 unspecified atom stereocenters. The fourth-order valence-corrected chi connectivity index (χ4v) is 4.18. The normalized spacial score (nSPS) is 11.5. The lowest BCUT2D eigenvalue weighted by molar-refractivity contribution is 0.631. The highest BCUT2D eigenvalue weighted by molar-refractivity contribution is 5.99. The first-order valence-electron chi connectivity index (χ1n) is 10.7. The van der Waals surface area contributed by atoms with Gasteiger partial charge in [-0.2, -0.15) is 5.10 Å². The van der Waals surface area contributed by atoms with Gasteiger partial charge in [0, 0.05) is 52.3 Å². The zero-order valence-electron chi connectivity index (χ0n) is 17.8. The van der Waals surface area contributed by atoms with Crippen molar-refractivity contribution >= 4 is 22.1 Å². The number of nitrogens with zero attached hydrogens (tertiary/aromatic N) is 4. The molecule has 6 aromatic rings. The molecule has 0 spiro atoms. The molecule has 6 rings (SSSR count). The average molecular weight is 434 g/mol. The van der Waals surface area contributed by atoms with E-state index < -0.39 is 0 Å². The van der Waals surface area contributed by atoms with Crippen LogP contribution in [0, 0.1) is 5.82 Å². The van der Waals surface area contributed by atoms with Gasteiger partial charge >= 0.3 is 0 Å². The van der Waals surface area contributed by atoms with Crippen LogP contribution in [0.2, 0.25) is 0 Å². The van der Waals surface area contributed by atoms with Crippen molar-refractivity contribution in [3.63, 3.8) is 0 Å². The monoisotopic (exact) mass is 434 g/mol. The first-order valence-corrected chi connectivity index (χ1v) is 10.7. The smallest absolute Gasteiger partial charge is 0.181 e. The van der Waals surface area contributed by atoms with Crippen LogP contribution in [0.15, 0.2) is 73.3 Å². The Hall–Kier alpha value is -4.39. The summed E-state index contributed by atoms with van der Waals surface area (Å²) in [5.41, 5.74) is 7.38. The van der Waals surface area contributed by atoms with E-state index in [0.29, 0.717) is 16.9 Å². The van der Waals surface area contributed by atoms with Crippen LogP contribution in [0.3, 0.4) is 0 Å². The molecule has 0 aliphatic rings. The molecule has 2 N–H and O–H groups in total. The molecule has 7 heteroatoms.